The van der Waals surface area contributed by atoms with E-state index < -0.39 is 5.91 Å². The lowest BCUT2D eigenvalue weighted by Gasteiger charge is -2.04. The van der Waals surface area contributed by atoms with E-state index in [2.05, 4.69) is 4.98 Å². The zero-order chi connectivity index (χ0) is 11.5. The Balaban J connectivity index is 2.66. The van der Waals surface area contributed by atoms with E-state index in [1.807, 2.05) is 18.2 Å². The van der Waals surface area contributed by atoms with Crippen LogP contribution in [0.15, 0.2) is 36.5 Å². The fourth-order valence-corrected chi connectivity index (χ4v) is 1.54. The monoisotopic (exact) mass is 213 g/mol. The number of rotatable bonds is 2. The van der Waals surface area contributed by atoms with Crippen LogP contribution in [-0.2, 0) is 4.79 Å². The molecule has 0 aliphatic rings. The summed E-state index contributed by atoms with van der Waals surface area (Å²) in [5.74, 6) is -0.500. The number of pyridine rings is 1. The van der Waals surface area contributed by atoms with Crippen molar-refractivity contribution in [3.05, 3.63) is 42.1 Å². The molecule has 0 saturated carbocycles. The van der Waals surface area contributed by atoms with Crippen LogP contribution in [0.25, 0.3) is 17.0 Å². The SMILES string of the molecule is NC(=O)/C=C/c1c(N)ccc2ncccc12. The topological polar surface area (TPSA) is 82.0 Å². The third kappa shape index (κ3) is 1.86. The Morgan fingerprint density at radius 2 is 2.12 bits per heavy atom. The van der Waals surface area contributed by atoms with Crippen LogP contribution in [0.5, 0.6) is 0 Å². The van der Waals surface area contributed by atoms with Crippen molar-refractivity contribution in [3.63, 3.8) is 0 Å². The summed E-state index contributed by atoms with van der Waals surface area (Å²) in [4.78, 5) is 14.9. The van der Waals surface area contributed by atoms with Gasteiger partial charge in [0, 0.05) is 28.9 Å². The molecule has 0 atom stereocenters. The second-order valence-electron chi connectivity index (χ2n) is 3.37. The molecule has 4 nitrogen and oxygen atoms in total. The van der Waals surface area contributed by atoms with Crippen molar-refractivity contribution in [1.29, 1.82) is 0 Å². The van der Waals surface area contributed by atoms with Gasteiger partial charge in [-0.25, -0.2) is 0 Å². The van der Waals surface area contributed by atoms with E-state index >= 15 is 0 Å². The molecule has 4 N–H and O–H groups in total. The van der Waals surface area contributed by atoms with Crippen LogP contribution in [0.2, 0.25) is 0 Å². The van der Waals surface area contributed by atoms with Crippen molar-refractivity contribution in [1.82, 2.24) is 4.98 Å². The lowest BCUT2D eigenvalue weighted by molar-refractivity contribution is -0.113. The first-order chi connectivity index (χ1) is 7.68. The normalized spacial score (nSPS) is 11.0. The summed E-state index contributed by atoms with van der Waals surface area (Å²) in [6.07, 6.45) is 4.61. The largest absolute Gasteiger partial charge is 0.398 e. The van der Waals surface area contributed by atoms with E-state index in [0.717, 1.165) is 16.5 Å². The maximum Gasteiger partial charge on any atom is 0.241 e. The average molecular weight is 213 g/mol. The second-order valence-corrected chi connectivity index (χ2v) is 3.37. The Bertz CT molecular complexity index is 575. The van der Waals surface area contributed by atoms with E-state index in [1.54, 1.807) is 18.3 Å². The summed E-state index contributed by atoms with van der Waals surface area (Å²) < 4.78 is 0. The van der Waals surface area contributed by atoms with Gasteiger partial charge in [-0.3, -0.25) is 9.78 Å². The van der Waals surface area contributed by atoms with Crippen molar-refractivity contribution in [2.24, 2.45) is 5.73 Å². The summed E-state index contributed by atoms with van der Waals surface area (Å²) in [5.41, 5.74) is 13.1. The molecule has 1 aromatic heterocycles. The molecule has 80 valence electrons. The molecule has 0 radical (unpaired) electrons. The number of nitrogen functional groups attached to an aromatic ring is 1. The molecule has 0 fully saturated rings. The lowest BCUT2D eigenvalue weighted by Crippen LogP contribution is -2.05. The number of carbonyl (C=O) groups is 1. The number of nitrogens with zero attached hydrogens (tertiary/aromatic N) is 1. The van der Waals surface area contributed by atoms with Gasteiger partial charge in [-0.15, -0.1) is 0 Å². The third-order valence-electron chi connectivity index (χ3n) is 2.27. The number of carbonyl (C=O) groups excluding carboxylic acids is 1. The highest BCUT2D eigenvalue weighted by atomic mass is 16.1. The zero-order valence-corrected chi connectivity index (χ0v) is 8.55. The molecule has 1 heterocycles. The van der Waals surface area contributed by atoms with Crippen molar-refractivity contribution >= 4 is 28.6 Å². The minimum atomic E-state index is -0.500. The molecule has 1 amide bonds. The van der Waals surface area contributed by atoms with Crippen LogP contribution >= 0.6 is 0 Å². The van der Waals surface area contributed by atoms with Gasteiger partial charge in [-0.2, -0.15) is 0 Å². The number of hydrogen-bond acceptors (Lipinski definition) is 3. The molecular weight excluding hydrogens is 202 g/mol. The van der Waals surface area contributed by atoms with Gasteiger partial charge in [0.15, 0.2) is 0 Å². The highest BCUT2D eigenvalue weighted by Crippen LogP contribution is 2.23. The number of anilines is 1. The molecule has 0 bridgehead atoms. The highest BCUT2D eigenvalue weighted by Gasteiger charge is 2.02. The number of amides is 1. The van der Waals surface area contributed by atoms with Crippen molar-refractivity contribution < 1.29 is 4.79 Å². The third-order valence-corrected chi connectivity index (χ3v) is 2.27. The van der Waals surface area contributed by atoms with Crippen LogP contribution in [0.4, 0.5) is 5.69 Å². The summed E-state index contributed by atoms with van der Waals surface area (Å²) in [6.45, 7) is 0. The van der Waals surface area contributed by atoms with Gasteiger partial charge in [0.2, 0.25) is 5.91 Å². The number of hydrogen-bond donors (Lipinski definition) is 2. The van der Waals surface area contributed by atoms with Crippen LogP contribution in [0, 0.1) is 0 Å². The molecule has 0 spiro atoms. The number of benzene rings is 1. The van der Waals surface area contributed by atoms with E-state index in [9.17, 15) is 4.79 Å². The van der Waals surface area contributed by atoms with Crippen molar-refractivity contribution in [2.45, 2.75) is 0 Å². The predicted octanol–water partition coefficient (Wildman–Crippen LogP) is 1.32. The maximum atomic E-state index is 10.7. The summed E-state index contributed by atoms with van der Waals surface area (Å²) >= 11 is 0. The maximum absolute atomic E-state index is 10.7. The molecule has 2 aromatic rings. The molecule has 4 heteroatoms. The van der Waals surface area contributed by atoms with Crippen molar-refractivity contribution in [3.8, 4) is 0 Å². The first kappa shape index (κ1) is 10.2. The van der Waals surface area contributed by atoms with Gasteiger partial charge in [0.05, 0.1) is 5.52 Å². The Morgan fingerprint density at radius 1 is 1.31 bits per heavy atom. The van der Waals surface area contributed by atoms with Gasteiger partial charge < -0.3 is 11.5 Å². The first-order valence-corrected chi connectivity index (χ1v) is 4.79. The smallest absolute Gasteiger partial charge is 0.241 e. The van der Waals surface area contributed by atoms with Gasteiger partial charge in [0.25, 0.3) is 0 Å². The second kappa shape index (κ2) is 4.02. The quantitative estimate of drug-likeness (QED) is 0.583. The number of fused-ring (bicyclic) bond motifs is 1. The van der Waals surface area contributed by atoms with Crippen molar-refractivity contribution in [2.75, 3.05) is 5.73 Å². The van der Waals surface area contributed by atoms with E-state index in [4.69, 9.17) is 11.5 Å². The van der Waals surface area contributed by atoms with Gasteiger partial charge in [0.1, 0.15) is 0 Å². The van der Waals surface area contributed by atoms with E-state index in [1.165, 1.54) is 6.08 Å². The summed E-state index contributed by atoms with van der Waals surface area (Å²) in [7, 11) is 0. The molecule has 2 rings (SSSR count). The molecule has 0 aliphatic heterocycles. The predicted molar refractivity (Wildman–Crippen MR) is 64.4 cm³/mol. The van der Waals surface area contributed by atoms with Crippen LogP contribution in [0.1, 0.15) is 5.56 Å². The zero-order valence-electron chi connectivity index (χ0n) is 8.55. The number of nitrogens with two attached hydrogens (primary N) is 2. The van der Waals surface area contributed by atoms with E-state index in [-0.39, 0.29) is 0 Å². The fraction of sp³-hybridized carbons (Fsp3) is 0. The molecule has 0 saturated heterocycles. The van der Waals surface area contributed by atoms with Crippen LogP contribution in [-0.4, -0.2) is 10.9 Å². The number of primary amides is 1. The summed E-state index contributed by atoms with van der Waals surface area (Å²) in [6, 6.07) is 7.32. The Kier molecular flexibility index (Phi) is 2.55. The molecule has 16 heavy (non-hydrogen) atoms. The van der Waals surface area contributed by atoms with Gasteiger partial charge >= 0.3 is 0 Å². The minimum absolute atomic E-state index is 0.500. The van der Waals surface area contributed by atoms with E-state index in [0.29, 0.717) is 5.69 Å². The highest BCUT2D eigenvalue weighted by molar-refractivity contribution is 5.98. The Hall–Kier alpha value is -2.36. The number of aromatic nitrogens is 1. The Labute approximate surface area is 92.6 Å². The van der Waals surface area contributed by atoms with Gasteiger partial charge in [-0.05, 0) is 24.3 Å². The van der Waals surface area contributed by atoms with Gasteiger partial charge in [-0.1, -0.05) is 6.07 Å². The Morgan fingerprint density at radius 3 is 2.88 bits per heavy atom. The minimum Gasteiger partial charge on any atom is -0.398 e. The molecule has 1 aromatic carbocycles. The lowest BCUT2D eigenvalue weighted by atomic mass is 10.1. The first-order valence-electron chi connectivity index (χ1n) is 4.79. The molecular formula is C12H11N3O. The average Bonchev–Trinajstić information content (AvgIpc) is 2.27. The molecule has 0 aliphatic carbocycles. The fourth-order valence-electron chi connectivity index (χ4n) is 1.54. The standard InChI is InChI=1S/C12H11N3O/c13-10-4-5-11-9(2-1-7-15-11)8(10)3-6-12(14)16/h1-7H,13H2,(H2,14,16)/b6-3+. The molecule has 0 unspecified atom stereocenters. The van der Waals surface area contributed by atoms with Crippen LogP contribution in [0.3, 0.4) is 0 Å². The summed E-state index contributed by atoms with van der Waals surface area (Å²) in [5, 5.41) is 0.903. The van der Waals surface area contributed by atoms with Crippen LogP contribution < -0.4 is 11.5 Å².